The van der Waals surface area contributed by atoms with Crippen LogP contribution in [0.25, 0.3) is 0 Å². The standard InChI is InChI=1S/C11H22N2/c1-9-6-10(7-9)12-8-11-4-3-5-13(11)2/h9-12H,3-8H2,1-2H3. The minimum absolute atomic E-state index is 0.816. The molecular formula is C11H22N2. The van der Waals surface area contributed by atoms with E-state index in [9.17, 15) is 0 Å². The van der Waals surface area contributed by atoms with Gasteiger partial charge in [0.1, 0.15) is 0 Å². The van der Waals surface area contributed by atoms with Crippen molar-refractivity contribution >= 4 is 0 Å². The zero-order valence-corrected chi connectivity index (χ0v) is 8.92. The SMILES string of the molecule is CC1CC(NCC2CCCN2C)C1. The fourth-order valence-electron chi connectivity index (χ4n) is 2.61. The van der Waals surface area contributed by atoms with Crippen LogP contribution in [0.5, 0.6) is 0 Å². The zero-order valence-electron chi connectivity index (χ0n) is 8.92. The zero-order chi connectivity index (χ0) is 9.26. The molecule has 0 aromatic carbocycles. The van der Waals surface area contributed by atoms with E-state index < -0.39 is 0 Å². The topological polar surface area (TPSA) is 15.3 Å². The average molecular weight is 182 g/mol. The first-order valence-corrected chi connectivity index (χ1v) is 5.69. The van der Waals surface area contributed by atoms with Crippen LogP contribution in [0.4, 0.5) is 0 Å². The lowest BCUT2D eigenvalue weighted by molar-refractivity contribution is 0.216. The minimum atomic E-state index is 0.816. The molecule has 1 heterocycles. The lowest BCUT2D eigenvalue weighted by atomic mass is 9.82. The van der Waals surface area contributed by atoms with Gasteiger partial charge in [-0.3, -0.25) is 0 Å². The number of rotatable bonds is 3. The molecule has 1 aliphatic carbocycles. The van der Waals surface area contributed by atoms with Crippen LogP contribution < -0.4 is 5.32 Å². The van der Waals surface area contributed by atoms with Gasteiger partial charge in [-0.2, -0.15) is 0 Å². The van der Waals surface area contributed by atoms with Crippen LogP contribution in [-0.2, 0) is 0 Å². The van der Waals surface area contributed by atoms with Gasteiger partial charge in [0.05, 0.1) is 0 Å². The van der Waals surface area contributed by atoms with Gasteiger partial charge in [-0.1, -0.05) is 6.92 Å². The summed E-state index contributed by atoms with van der Waals surface area (Å²) in [7, 11) is 2.25. The van der Waals surface area contributed by atoms with Gasteiger partial charge in [-0.05, 0) is 45.2 Å². The van der Waals surface area contributed by atoms with Gasteiger partial charge in [0, 0.05) is 18.6 Å². The van der Waals surface area contributed by atoms with Gasteiger partial charge >= 0.3 is 0 Å². The Bertz CT molecular complexity index is 163. The highest BCUT2D eigenvalue weighted by Crippen LogP contribution is 2.26. The van der Waals surface area contributed by atoms with Crippen molar-refractivity contribution in [2.45, 2.75) is 44.7 Å². The molecular weight excluding hydrogens is 160 g/mol. The smallest absolute Gasteiger partial charge is 0.0218 e. The lowest BCUT2D eigenvalue weighted by Gasteiger charge is -2.35. The van der Waals surface area contributed by atoms with Crippen LogP contribution >= 0.6 is 0 Å². The van der Waals surface area contributed by atoms with E-state index in [1.807, 2.05) is 0 Å². The van der Waals surface area contributed by atoms with Crippen LogP contribution in [0.3, 0.4) is 0 Å². The van der Waals surface area contributed by atoms with E-state index >= 15 is 0 Å². The molecule has 13 heavy (non-hydrogen) atoms. The third-order valence-electron chi connectivity index (χ3n) is 3.69. The molecule has 2 aliphatic rings. The molecule has 1 N–H and O–H groups in total. The average Bonchev–Trinajstić information content (AvgIpc) is 2.43. The van der Waals surface area contributed by atoms with E-state index in [1.165, 1.54) is 38.8 Å². The van der Waals surface area contributed by atoms with E-state index in [-0.39, 0.29) is 0 Å². The molecule has 1 aliphatic heterocycles. The summed E-state index contributed by atoms with van der Waals surface area (Å²) < 4.78 is 0. The molecule has 76 valence electrons. The molecule has 0 aromatic heterocycles. The molecule has 0 aromatic rings. The second-order valence-corrected chi connectivity index (χ2v) is 4.96. The Morgan fingerprint density at radius 3 is 2.69 bits per heavy atom. The third-order valence-corrected chi connectivity index (χ3v) is 3.69. The van der Waals surface area contributed by atoms with Crippen molar-refractivity contribution in [3.63, 3.8) is 0 Å². The predicted molar refractivity (Wildman–Crippen MR) is 55.8 cm³/mol. The Morgan fingerprint density at radius 1 is 1.38 bits per heavy atom. The molecule has 0 bridgehead atoms. The van der Waals surface area contributed by atoms with Gasteiger partial charge in [-0.25, -0.2) is 0 Å². The second kappa shape index (κ2) is 3.97. The first-order chi connectivity index (χ1) is 6.25. The van der Waals surface area contributed by atoms with Crippen LogP contribution in [0.1, 0.15) is 32.6 Å². The monoisotopic (exact) mass is 182 g/mol. The van der Waals surface area contributed by atoms with Gasteiger partial charge in [0.2, 0.25) is 0 Å². The Morgan fingerprint density at radius 2 is 2.15 bits per heavy atom. The predicted octanol–water partition coefficient (Wildman–Crippen LogP) is 1.47. The number of likely N-dealkylation sites (N-methyl/N-ethyl adjacent to an activating group) is 1. The molecule has 2 rings (SSSR count). The summed E-state index contributed by atoms with van der Waals surface area (Å²) in [6.07, 6.45) is 5.59. The molecule has 1 saturated carbocycles. The van der Waals surface area contributed by atoms with Crippen molar-refractivity contribution in [1.29, 1.82) is 0 Å². The molecule has 2 fully saturated rings. The summed E-state index contributed by atoms with van der Waals surface area (Å²) in [6, 6.07) is 1.65. The first kappa shape index (κ1) is 9.47. The minimum Gasteiger partial charge on any atom is -0.312 e. The first-order valence-electron chi connectivity index (χ1n) is 5.69. The summed E-state index contributed by atoms with van der Waals surface area (Å²) in [5, 5.41) is 3.68. The maximum atomic E-state index is 3.68. The quantitative estimate of drug-likeness (QED) is 0.711. The Labute approximate surface area is 81.7 Å². The van der Waals surface area contributed by atoms with E-state index in [1.54, 1.807) is 0 Å². The van der Waals surface area contributed by atoms with Crippen LogP contribution in [0, 0.1) is 5.92 Å². The van der Waals surface area contributed by atoms with E-state index in [2.05, 4.69) is 24.2 Å². The summed E-state index contributed by atoms with van der Waals surface area (Å²) in [5.74, 6) is 0.971. The molecule has 1 unspecified atom stereocenters. The van der Waals surface area contributed by atoms with Gasteiger partial charge in [0.25, 0.3) is 0 Å². The number of nitrogens with one attached hydrogen (secondary N) is 1. The maximum absolute atomic E-state index is 3.68. The molecule has 0 spiro atoms. The Kier molecular flexibility index (Phi) is 2.89. The molecule has 2 nitrogen and oxygen atoms in total. The normalized spacial score (nSPS) is 40.6. The fraction of sp³-hybridized carbons (Fsp3) is 1.00. The summed E-state index contributed by atoms with van der Waals surface area (Å²) in [4.78, 5) is 2.50. The maximum Gasteiger partial charge on any atom is 0.0218 e. The van der Waals surface area contributed by atoms with Gasteiger partial charge in [0.15, 0.2) is 0 Å². The van der Waals surface area contributed by atoms with Crippen molar-refractivity contribution in [3.8, 4) is 0 Å². The lowest BCUT2D eigenvalue weighted by Crippen LogP contribution is -2.45. The largest absolute Gasteiger partial charge is 0.312 e. The summed E-state index contributed by atoms with van der Waals surface area (Å²) in [6.45, 7) is 4.86. The highest BCUT2D eigenvalue weighted by molar-refractivity contribution is 4.85. The summed E-state index contributed by atoms with van der Waals surface area (Å²) >= 11 is 0. The van der Waals surface area contributed by atoms with E-state index in [0.717, 1.165) is 18.0 Å². The molecule has 2 heteroatoms. The van der Waals surface area contributed by atoms with Gasteiger partial charge in [-0.15, -0.1) is 0 Å². The second-order valence-electron chi connectivity index (χ2n) is 4.96. The van der Waals surface area contributed by atoms with Crippen molar-refractivity contribution in [2.24, 2.45) is 5.92 Å². The van der Waals surface area contributed by atoms with E-state index in [0.29, 0.717) is 0 Å². The van der Waals surface area contributed by atoms with Crippen molar-refractivity contribution in [3.05, 3.63) is 0 Å². The van der Waals surface area contributed by atoms with Crippen LogP contribution in [0.15, 0.2) is 0 Å². The molecule has 0 radical (unpaired) electrons. The number of nitrogens with zero attached hydrogens (tertiary/aromatic N) is 1. The third kappa shape index (κ3) is 2.23. The Hall–Kier alpha value is -0.0800. The van der Waals surface area contributed by atoms with Crippen molar-refractivity contribution < 1.29 is 0 Å². The van der Waals surface area contributed by atoms with Crippen LogP contribution in [0.2, 0.25) is 0 Å². The summed E-state index contributed by atoms with van der Waals surface area (Å²) in [5.41, 5.74) is 0. The number of hydrogen-bond donors (Lipinski definition) is 1. The molecule has 1 atom stereocenters. The van der Waals surface area contributed by atoms with Crippen molar-refractivity contribution in [2.75, 3.05) is 20.1 Å². The Balaban J connectivity index is 1.62. The van der Waals surface area contributed by atoms with Crippen LogP contribution in [-0.4, -0.2) is 37.1 Å². The number of hydrogen-bond acceptors (Lipinski definition) is 2. The highest BCUT2D eigenvalue weighted by Gasteiger charge is 2.27. The fourth-order valence-corrected chi connectivity index (χ4v) is 2.61. The molecule has 0 amide bonds. The van der Waals surface area contributed by atoms with Gasteiger partial charge < -0.3 is 10.2 Å². The van der Waals surface area contributed by atoms with Crippen molar-refractivity contribution in [1.82, 2.24) is 10.2 Å². The highest BCUT2D eigenvalue weighted by atomic mass is 15.2. The molecule has 1 saturated heterocycles. The number of likely N-dealkylation sites (tertiary alicyclic amines) is 1. The van der Waals surface area contributed by atoms with E-state index in [4.69, 9.17) is 0 Å².